The van der Waals surface area contributed by atoms with Crippen LogP contribution in [0.3, 0.4) is 0 Å². The first-order valence-electron chi connectivity index (χ1n) is 6.00. The lowest BCUT2D eigenvalue weighted by molar-refractivity contribution is -0.122. The monoisotopic (exact) mass is 344 g/mol. The van der Waals surface area contributed by atoms with Gasteiger partial charge in [-0.2, -0.15) is 0 Å². The quantitative estimate of drug-likeness (QED) is 0.833. The number of ether oxygens (including phenoxy) is 1. The van der Waals surface area contributed by atoms with Gasteiger partial charge in [-0.1, -0.05) is 34.8 Å². The summed E-state index contributed by atoms with van der Waals surface area (Å²) in [5.74, 6) is -0.0370. The third-order valence-corrected chi connectivity index (χ3v) is 3.43. The minimum atomic E-state index is -0.780. The SMILES string of the molecule is C[C@@H](Oc1cc(Cl)ccc1Cl)C(=O)Nc1cccnc1Cl. The topological polar surface area (TPSA) is 51.2 Å². The maximum atomic E-state index is 12.1. The largest absolute Gasteiger partial charge is 0.479 e. The normalized spacial score (nSPS) is 11.8. The molecule has 0 aliphatic carbocycles. The van der Waals surface area contributed by atoms with Gasteiger partial charge in [0, 0.05) is 17.3 Å². The summed E-state index contributed by atoms with van der Waals surface area (Å²) in [6.45, 7) is 1.59. The van der Waals surface area contributed by atoms with Crippen molar-refractivity contribution in [3.63, 3.8) is 0 Å². The summed E-state index contributed by atoms with van der Waals surface area (Å²) in [6, 6.07) is 8.09. The maximum Gasteiger partial charge on any atom is 0.265 e. The summed E-state index contributed by atoms with van der Waals surface area (Å²) in [4.78, 5) is 15.9. The molecule has 7 heteroatoms. The van der Waals surface area contributed by atoms with Crippen molar-refractivity contribution in [2.45, 2.75) is 13.0 Å². The van der Waals surface area contributed by atoms with E-state index in [1.807, 2.05) is 0 Å². The van der Waals surface area contributed by atoms with E-state index in [1.165, 1.54) is 6.20 Å². The predicted octanol–water partition coefficient (Wildman–Crippen LogP) is 4.45. The molecule has 1 aromatic heterocycles. The van der Waals surface area contributed by atoms with E-state index >= 15 is 0 Å². The average molecular weight is 346 g/mol. The molecule has 0 saturated heterocycles. The molecule has 0 saturated carbocycles. The number of benzene rings is 1. The summed E-state index contributed by atoms with van der Waals surface area (Å²) < 4.78 is 5.51. The molecule has 4 nitrogen and oxygen atoms in total. The number of pyridine rings is 1. The van der Waals surface area contributed by atoms with Crippen LogP contribution in [-0.2, 0) is 4.79 Å². The number of anilines is 1. The number of halogens is 3. The van der Waals surface area contributed by atoms with Crippen LogP contribution in [0.4, 0.5) is 5.69 Å². The fourth-order valence-electron chi connectivity index (χ4n) is 1.53. The number of nitrogens with one attached hydrogen (secondary N) is 1. The standard InChI is InChI=1S/C14H11Cl3N2O2/c1-8(21-12-7-9(15)4-5-10(12)16)14(20)19-11-3-2-6-18-13(11)17/h2-8H,1H3,(H,19,20)/t8-/m1/s1. The first-order chi connectivity index (χ1) is 9.97. The number of hydrogen-bond acceptors (Lipinski definition) is 3. The van der Waals surface area contributed by atoms with Crippen LogP contribution in [-0.4, -0.2) is 17.0 Å². The van der Waals surface area contributed by atoms with Crippen LogP contribution in [0, 0.1) is 0 Å². The molecule has 0 bridgehead atoms. The zero-order valence-electron chi connectivity index (χ0n) is 10.9. The second-order valence-corrected chi connectivity index (χ2v) is 5.37. The highest BCUT2D eigenvalue weighted by atomic mass is 35.5. The molecule has 0 spiro atoms. The second-order valence-electron chi connectivity index (χ2n) is 4.17. The summed E-state index contributed by atoms with van der Waals surface area (Å²) in [6.07, 6.45) is 0.751. The molecule has 1 heterocycles. The Morgan fingerprint density at radius 2 is 2.05 bits per heavy atom. The Balaban J connectivity index is 2.06. The summed E-state index contributed by atoms with van der Waals surface area (Å²) in [7, 11) is 0. The zero-order valence-corrected chi connectivity index (χ0v) is 13.2. The smallest absolute Gasteiger partial charge is 0.265 e. The van der Waals surface area contributed by atoms with E-state index in [4.69, 9.17) is 39.5 Å². The molecule has 110 valence electrons. The number of amides is 1. The van der Waals surface area contributed by atoms with E-state index in [1.54, 1.807) is 37.3 Å². The van der Waals surface area contributed by atoms with Crippen LogP contribution in [0.25, 0.3) is 0 Å². The van der Waals surface area contributed by atoms with Crippen molar-refractivity contribution >= 4 is 46.4 Å². The molecule has 0 radical (unpaired) electrons. The highest BCUT2D eigenvalue weighted by Gasteiger charge is 2.17. The molecule has 0 unspecified atom stereocenters. The van der Waals surface area contributed by atoms with Crippen molar-refractivity contribution in [2.24, 2.45) is 0 Å². The van der Waals surface area contributed by atoms with Gasteiger partial charge in [-0.05, 0) is 31.2 Å². The van der Waals surface area contributed by atoms with Gasteiger partial charge in [0.1, 0.15) is 5.75 Å². The summed E-state index contributed by atoms with van der Waals surface area (Å²) in [5.41, 5.74) is 0.414. The lowest BCUT2D eigenvalue weighted by Crippen LogP contribution is -2.30. The molecular weight excluding hydrogens is 335 g/mol. The van der Waals surface area contributed by atoms with Gasteiger partial charge < -0.3 is 10.1 Å². The molecule has 0 aliphatic rings. The van der Waals surface area contributed by atoms with Crippen LogP contribution < -0.4 is 10.1 Å². The Hall–Kier alpha value is -1.49. The number of nitrogens with zero attached hydrogens (tertiary/aromatic N) is 1. The molecule has 0 aliphatic heterocycles. The predicted molar refractivity (Wildman–Crippen MR) is 84.4 cm³/mol. The Morgan fingerprint density at radius 1 is 1.29 bits per heavy atom. The van der Waals surface area contributed by atoms with Crippen LogP contribution in [0.1, 0.15) is 6.92 Å². The number of hydrogen-bond donors (Lipinski definition) is 1. The van der Waals surface area contributed by atoms with Gasteiger partial charge in [0.15, 0.2) is 11.3 Å². The van der Waals surface area contributed by atoms with E-state index in [0.717, 1.165) is 0 Å². The highest BCUT2D eigenvalue weighted by molar-refractivity contribution is 6.34. The number of rotatable bonds is 4. The van der Waals surface area contributed by atoms with Crippen molar-refractivity contribution in [1.29, 1.82) is 0 Å². The zero-order chi connectivity index (χ0) is 15.4. The average Bonchev–Trinajstić information content (AvgIpc) is 2.45. The van der Waals surface area contributed by atoms with Gasteiger partial charge >= 0.3 is 0 Å². The summed E-state index contributed by atoms with van der Waals surface area (Å²) >= 11 is 17.7. The first-order valence-corrected chi connectivity index (χ1v) is 7.14. The van der Waals surface area contributed by atoms with Gasteiger partial charge in [-0.25, -0.2) is 4.98 Å². The number of aromatic nitrogens is 1. The highest BCUT2D eigenvalue weighted by Crippen LogP contribution is 2.28. The Morgan fingerprint density at radius 3 is 2.76 bits per heavy atom. The molecular formula is C14H11Cl3N2O2. The molecule has 2 rings (SSSR count). The van der Waals surface area contributed by atoms with Gasteiger partial charge in [-0.15, -0.1) is 0 Å². The fourth-order valence-corrected chi connectivity index (χ4v) is 2.02. The van der Waals surface area contributed by atoms with Crippen molar-refractivity contribution in [2.75, 3.05) is 5.32 Å². The van der Waals surface area contributed by atoms with E-state index in [-0.39, 0.29) is 11.1 Å². The van der Waals surface area contributed by atoms with E-state index in [2.05, 4.69) is 10.3 Å². The third kappa shape index (κ3) is 4.24. The van der Waals surface area contributed by atoms with Gasteiger partial charge in [0.2, 0.25) is 0 Å². The minimum Gasteiger partial charge on any atom is -0.479 e. The lowest BCUT2D eigenvalue weighted by atomic mass is 10.3. The Labute approximate surface area is 137 Å². The van der Waals surface area contributed by atoms with E-state index in [9.17, 15) is 4.79 Å². The Kier molecular flexibility index (Phi) is 5.28. The van der Waals surface area contributed by atoms with E-state index in [0.29, 0.717) is 21.5 Å². The van der Waals surface area contributed by atoms with Crippen LogP contribution >= 0.6 is 34.8 Å². The van der Waals surface area contributed by atoms with Gasteiger partial charge in [-0.3, -0.25) is 4.79 Å². The minimum absolute atomic E-state index is 0.207. The lowest BCUT2D eigenvalue weighted by Gasteiger charge is -2.16. The number of carbonyl (C=O) groups is 1. The molecule has 0 fully saturated rings. The van der Waals surface area contributed by atoms with Crippen LogP contribution in [0.15, 0.2) is 36.5 Å². The molecule has 1 amide bonds. The third-order valence-electron chi connectivity index (χ3n) is 2.58. The van der Waals surface area contributed by atoms with Crippen molar-refractivity contribution < 1.29 is 9.53 Å². The van der Waals surface area contributed by atoms with Crippen molar-refractivity contribution in [3.8, 4) is 5.75 Å². The molecule has 1 atom stereocenters. The Bertz CT molecular complexity index is 664. The fraction of sp³-hybridized carbons (Fsp3) is 0.143. The molecule has 21 heavy (non-hydrogen) atoms. The molecule has 2 aromatic rings. The summed E-state index contributed by atoms with van der Waals surface area (Å²) in [5, 5.41) is 3.68. The maximum absolute atomic E-state index is 12.1. The van der Waals surface area contributed by atoms with Gasteiger partial charge in [0.25, 0.3) is 5.91 Å². The van der Waals surface area contributed by atoms with Gasteiger partial charge in [0.05, 0.1) is 10.7 Å². The molecule has 1 aromatic carbocycles. The first kappa shape index (κ1) is 15.9. The van der Waals surface area contributed by atoms with Crippen LogP contribution in [0.2, 0.25) is 15.2 Å². The number of carbonyl (C=O) groups excluding carboxylic acids is 1. The van der Waals surface area contributed by atoms with Crippen molar-refractivity contribution in [3.05, 3.63) is 51.7 Å². The van der Waals surface area contributed by atoms with Crippen molar-refractivity contribution in [1.82, 2.24) is 4.98 Å². The van der Waals surface area contributed by atoms with E-state index < -0.39 is 6.10 Å². The second kappa shape index (κ2) is 6.98. The van der Waals surface area contributed by atoms with Crippen LogP contribution in [0.5, 0.6) is 5.75 Å². The molecule has 1 N–H and O–H groups in total.